The van der Waals surface area contributed by atoms with Crippen molar-refractivity contribution >= 4 is 71.5 Å². The molecule has 52 heavy (non-hydrogen) atoms. The highest BCUT2D eigenvalue weighted by molar-refractivity contribution is 6.26. The Balaban J connectivity index is 1.10. The molecular formula is C49H34N2O. The number of allylic oxidation sites excluding steroid dienone is 1. The van der Waals surface area contributed by atoms with Crippen molar-refractivity contribution in [2.45, 2.75) is 19.3 Å². The normalized spacial score (nSPS) is 13.9. The second-order valence-corrected chi connectivity index (χ2v) is 13.6. The minimum atomic E-state index is 0.719. The monoisotopic (exact) mass is 666 g/mol. The molecule has 0 saturated carbocycles. The smallest absolute Gasteiger partial charge is 0.160 e. The van der Waals surface area contributed by atoms with E-state index >= 15 is 0 Å². The van der Waals surface area contributed by atoms with Gasteiger partial charge in [0.2, 0.25) is 0 Å². The first-order valence-corrected chi connectivity index (χ1v) is 18.0. The summed E-state index contributed by atoms with van der Waals surface area (Å²) in [6, 6.07) is 58.1. The molecule has 246 valence electrons. The van der Waals surface area contributed by atoms with Crippen molar-refractivity contribution in [1.29, 1.82) is 0 Å². The summed E-state index contributed by atoms with van der Waals surface area (Å²) in [7, 11) is 0. The molecule has 0 spiro atoms. The zero-order chi connectivity index (χ0) is 34.4. The van der Waals surface area contributed by atoms with Gasteiger partial charge in [0.1, 0.15) is 11.2 Å². The van der Waals surface area contributed by atoms with Crippen LogP contribution in [0.4, 0.5) is 0 Å². The molecule has 2 heterocycles. The van der Waals surface area contributed by atoms with Crippen molar-refractivity contribution in [3.8, 4) is 11.1 Å². The average molecular weight is 667 g/mol. The summed E-state index contributed by atoms with van der Waals surface area (Å²) >= 11 is 0. The van der Waals surface area contributed by atoms with Gasteiger partial charge in [-0.3, -0.25) is 0 Å². The topological polar surface area (TPSA) is 37.9 Å². The number of nitrogens with zero attached hydrogens (tertiary/aromatic N) is 2. The predicted molar refractivity (Wildman–Crippen MR) is 219 cm³/mol. The first kappa shape index (κ1) is 30.3. The van der Waals surface area contributed by atoms with E-state index in [4.69, 9.17) is 14.4 Å². The van der Waals surface area contributed by atoms with E-state index in [1.807, 2.05) is 24.3 Å². The number of hydrogen-bond acceptors (Lipinski definition) is 3. The van der Waals surface area contributed by atoms with E-state index in [1.54, 1.807) is 0 Å². The third kappa shape index (κ3) is 5.21. The number of furan rings is 1. The molecule has 8 aromatic carbocycles. The summed E-state index contributed by atoms with van der Waals surface area (Å²) < 4.78 is 6.81. The van der Waals surface area contributed by atoms with E-state index < -0.39 is 0 Å². The van der Waals surface area contributed by atoms with Gasteiger partial charge < -0.3 is 4.42 Å². The number of rotatable bonds is 4. The molecule has 1 aliphatic rings. The maximum absolute atomic E-state index is 6.81. The Bertz CT molecular complexity index is 2880. The van der Waals surface area contributed by atoms with Gasteiger partial charge in [0.15, 0.2) is 5.84 Å². The third-order valence-corrected chi connectivity index (χ3v) is 10.4. The first-order valence-electron chi connectivity index (χ1n) is 18.0. The molecule has 0 fully saturated rings. The largest absolute Gasteiger partial charge is 0.455 e. The molecule has 0 aliphatic carbocycles. The zero-order valence-electron chi connectivity index (χ0n) is 28.6. The van der Waals surface area contributed by atoms with Crippen LogP contribution < -0.4 is 0 Å². The van der Waals surface area contributed by atoms with Gasteiger partial charge in [-0.05, 0) is 86.5 Å². The van der Waals surface area contributed by atoms with Crippen LogP contribution in [-0.2, 0) is 0 Å². The molecule has 3 heteroatoms. The van der Waals surface area contributed by atoms with Crippen LogP contribution in [0, 0.1) is 0 Å². The second kappa shape index (κ2) is 12.6. The van der Waals surface area contributed by atoms with Crippen LogP contribution >= 0.6 is 0 Å². The molecule has 0 saturated heterocycles. The number of amidine groups is 1. The van der Waals surface area contributed by atoms with Gasteiger partial charge in [-0.15, -0.1) is 0 Å². The molecule has 9 aromatic rings. The van der Waals surface area contributed by atoms with Crippen LogP contribution in [0.2, 0.25) is 0 Å². The van der Waals surface area contributed by atoms with Crippen molar-refractivity contribution in [3.63, 3.8) is 0 Å². The van der Waals surface area contributed by atoms with E-state index in [-0.39, 0.29) is 0 Å². The van der Waals surface area contributed by atoms with E-state index in [2.05, 4.69) is 146 Å². The molecule has 10 rings (SSSR count). The van der Waals surface area contributed by atoms with Crippen LogP contribution in [0.5, 0.6) is 0 Å². The number of para-hydroxylation sites is 1. The van der Waals surface area contributed by atoms with Crippen LogP contribution in [0.25, 0.3) is 71.1 Å². The van der Waals surface area contributed by atoms with Gasteiger partial charge in [0.25, 0.3) is 0 Å². The van der Waals surface area contributed by atoms with Crippen LogP contribution in [-0.4, -0.2) is 11.5 Å². The molecule has 0 unspecified atom stereocenters. The summed E-state index contributed by atoms with van der Waals surface area (Å²) in [5.74, 6) is 0.719. The molecule has 3 nitrogen and oxygen atoms in total. The Labute approximate surface area is 301 Å². The van der Waals surface area contributed by atoms with E-state index in [9.17, 15) is 0 Å². The molecule has 0 radical (unpaired) electrons. The fourth-order valence-electron chi connectivity index (χ4n) is 7.87. The van der Waals surface area contributed by atoms with Crippen molar-refractivity contribution < 1.29 is 4.42 Å². The Morgan fingerprint density at radius 1 is 0.423 bits per heavy atom. The summed E-state index contributed by atoms with van der Waals surface area (Å²) in [6.45, 7) is 0. The van der Waals surface area contributed by atoms with Crippen LogP contribution in [0.1, 0.15) is 36.0 Å². The quantitative estimate of drug-likeness (QED) is 0.172. The Morgan fingerprint density at radius 3 is 1.75 bits per heavy atom. The highest BCUT2D eigenvalue weighted by atomic mass is 16.3. The second-order valence-electron chi connectivity index (χ2n) is 13.6. The SMILES string of the molecule is C1=C(c2ccccc2)N=C(c2ccccc2)N=C(c2ccc3c(c2)oc2c(-c4ccc5c6ccccc6c6ccccc6c5c4)cccc23)CCC1. The lowest BCUT2D eigenvalue weighted by Crippen LogP contribution is -2.07. The fourth-order valence-corrected chi connectivity index (χ4v) is 7.87. The Hall–Kier alpha value is -6.58. The van der Waals surface area contributed by atoms with Gasteiger partial charge in [-0.25, -0.2) is 9.98 Å². The van der Waals surface area contributed by atoms with Crippen LogP contribution in [0.15, 0.2) is 184 Å². The minimum Gasteiger partial charge on any atom is -0.455 e. The summed E-state index contributed by atoms with van der Waals surface area (Å²) in [5, 5.41) is 9.83. The van der Waals surface area contributed by atoms with Gasteiger partial charge >= 0.3 is 0 Å². The standard InChI is InChI=1S/C49H34N2O/c1-3-14-32(15-4-1)45-24-11-12-25-46(51-49(50-45)33-16-5-2-6-17-33)35-27-29-42-43-23-13-22-36(48(43)52-47(42)31-35)34-26-28-41-39-20-8-7-18-37(39)38-19-9-10-21-40(38)44(41)30-34/h1-10,13-24,26-31H,11-12,25H2. The lowest BCUT2D eigenvalue weighted by atomic mass is 9.92. The van der Waals surface area contributed by atoms with Crippen molar-refractivity contribution in [1.82, 2.24) is 0 Å². The zero-order valence-corrected chi connectivity index (χ0v) is 28.6. The first-order chi connectivity index (χ1) is 25.8. The maximum atomic E-state index is 6.81. The number of benzene rings is 8. The number of aliphatic imine (C=N–C) groups is 2. The number of hydrogen-bond donors (Lipinski definition) is 0. The van der Waals surface area contributed by atoms with Crippen molar-refractivity contribution in [2.75, 3.05) is 0 Å². The molecule has 0 amide bonds. The molecule has 1 aliphatic heterocycles. The molecular weight excluding hydrogens is 633 g/mol. The average Bonchev–Trinajstić information content (AvgIpc) is 3.64. The Kier molecular flexibility index (Phi) is 7.35. The van der Waals surface area contributed by atoms with Gasteiger partial charge in [-0.1, -0.05) is 152 Å². The number of fused-ring (bicyclic) bond motifs is 9. The Morgan fingerprint density at radius 2 is 1.02 bits per heavy atom. The fraction of sp³-hybridized carbons (Fsp3) is 0.0612. The molecule has 0 atom stereocenters. The molecule has 0 N–H and O–H groups in total. The summed E-state index contributed by atoms with van der Waals surface area (Å²) in [4.78, 5) is 10.5. The van der Waals surface area contributed by atoms with E-state index in [0.717, 1.165) is 86.3 Å². The van der Waals surface area contributed by atoms with Crippen molar-refractivity contribution in [2.24, 2.45) is 9.98 Å². The van der Waals surface area contributed by atoms with Crippen LogP contribution in [0.3, 0.4) is 0 Å². The maximum Gasteiger partial charge on any atom is 0.160 e. The lowest BCUT2D eigenvalue weighted by Gasteiger charge is -2.12. The molecule has 0 bridgehead atoms. The summed E-state index contributed by atoms with van der Waals surface area (Å²) in [6.07, 6.45) is 4.98. The molecule has 1 aromatic heterocycles. The van der Waals surface area contributed by atoms with Gasteiger partial charge in [-0.2, -0.15) is 0 Å². The lowest BCUT2D eigenvalue weighted by molar-refractivity contribution is 0.670. The van der Waals surface area contributed by atoms with Crippen molar-refractivity contribution in [3.05, 3.63) is 187 Å². The highest BCUT2D eigenvalue weighted by Gasteiger charge is 2.17. The predicted octanol–water partition coefficient (Wildman–Crippen LogP) is 13.2. The van der Waals surface area contributed by atoms with E-state index in [0.29, 0.717) is 0 Å². The minimum absolute atomic E-state index is 0.719. The summed E-state index contributed by atoms with van der Waals surface area (Å²) in [5.41, 5.74) is 9.12. The van der Waals surface area contributed by atoms with E-state index in [1.165, 1.54) is 32.3 Å². The van der Waals surface area contributed by atoms with Gasteiger partial charge in [0, 0.05) is 21.9 Å². The third-order valence-electron chi connectivity index (χ3n) is 10.4. The highest BCUT2D eigenvalue weighted by Crippen LogP contribution is 2.40. The van der Waals surface area contributed by atoms with Gasteiger partial charge in [0.05, 0.1) is 11.4 Å².